The van der Waals surface area contributed by atoms with Crippen LogP contribution < -0.4 is 0 Å². The van der Waals surface area contributed by atoms with E-state index in [1.54, 1.807) is 0 Å². The summed E-state index contributed by atoms with van der Waals surface area (Å²) in [6.45, 7) is 8.13. The smallest absolute Gasteiger partial charge is 0.137 e. The van der Waals surface area contributed by atoms with Crippen molar-refractivity contribution in [2.24, 2.45) is 11.8 Å². The average Bonchev–Trinajstić information content (AvgIpc) is 2.35. The van der Waals surface area contributed by atoms with Crippen molar-refractivity contribution in [2.75, 3.05) is 0 Å². The molecule has 0 aliphatic heterocycles. The van der Waals surface area contributed by atoms with Gasteiger partial charge in [-0.15, -0.1) is 11.8 Å². The summed E-state index contributed by atoms with van der Waals surface area (Å²) in [4.78, 5) is 13.3. The minimum atomic E-state index is 0.158. The first-order chi connectivity index (χ1) is 8.58. The zero-order chi connectivity index (χ0) is 13.1. The molecule has 0 N–H and O–H groups in total. The highest BCUT2D eigenvalue weighted by molar-refractivity contribution is 8.00. The summed E-state index contributed by atoms with van der Waals surface area (Å²) in [6.07, 6.45) is 1.75. The number of ketones is 1. The first-order valence-corrected chi connectivity index (χ1v) is 7.35. The summed E-state index contributed by atoms with van der Waals surface area (Å²) < 4.78 is 0. The van der Waals surface area contributed by atoms with E-state index in [4.69, 9.17) is 0 Å². The lowest BCUT2D eigenvalue weighted by Gasteiger charge is -2.33. The molecule has 3 atom stereocenters. The maximum absolute atomic E-state index is 12.1. The second-order valence-electron chi connectivity index (χ2n) is 5.21. The lowest BCUT2D eigenvalue weighted by molar-refractivity contribution is -0.124. The van der Waals surface area contributed by atoms with Crippen LogP contribution in [0.15, 0.2) is 47.4 Å². The molecule has 0 radical (unpaired) electrons. The second-order valence-corrected chi connectivity index (χ2v) is 6.52. The van der Waals surface area contributed by atoms with Crippen LogP contribution in [0.3, 0.4) is 0 Å². The van der Waals surface area contributed by atoms with Crippen LogP contribution in [-0.4, -0.2) is 11.0 Å². The van der Waals surface area contributed by atoms with Crippen molar-refractivity contribution >= 4 is 17.5 Å². The van der Waals surface area contributed by atoms with E-state index in [-0.39, 0.29) is 5.92 Å². The Bertz CT molecular complexity index is 438. The van der Waals surface area contributed by atoms with Gasteiger partial charge in [0.2, 0.25) is 0 Å². The van der Waals surface area contributed by atoms with Crippen molar-refractivity contribution < 1.29 is 4.79 Å². The molecule has 0 saturated heterocycles. The molecule has 0 unspecified atom stereocenters. The number of hydrogen-bond acceptors (Lipinski definition) is 2. The fraction of sp³-hybridized carbons (Fsp3) is 0.438. The Kier molecular flexibility index (Phi) is 4.28. The first kappa shape index (κ1) is 13.4. The summed E-state index contributed by atoms with van der Waals surface area (Å²) in [5, 5.41) is 0.385. The van der Waals surface area contributed by atoms with Gasteiger partial charge in [0.25, 0.3) is 0 Å². The number of carbonyl (C=O) groups is 1. The van der Waals surface area contributed by atoms with E-state index in [9.17, 15) is 4.79 Å². The van der Waals surface area contributed by atoms with E-state index in [1.807, 2.05) is 36.9 Å². The van der Waals surface area contributed by atoms with Crippen molar-refractivity contribution in [2.45, 2.75) is 36.8 Å². The van der Waals surface area contributed by atoms with Gasteiger partial charge >= 0.3 is 0 Å². The molecule has 0 bridgehead atoms. The van der Waals surface area contributed by atoms with Crippen LogP contribution >= 0.6 is 11.8 Å². The Morgan fingerprint density at radius 1 is 1.33 bits per heavy atom. The van der Waals surface area contributed by atoms with Crippen LogP contribution in [0, 0.1) is 11.8 Å². The number of Topliss-reactive ketones (excluding diaryl/α,β-unsaturated/α-hetero) is 1. The van der Waals surface area contributed by atoms with Gasteiger partial charge in [0.05, 0.1) is 0 Å². The summed E-state index contributed by atoms with van der Waals surface area (Å²) >= 11 is 1.84. The van der Waals surface area contributed by atoms with Crippen molar-refractivity contribution in [1.29, 1.82) is 0 Å². The third-order valence-electron chi connectivity index (χ3n) is 3.76. The zero-order valence-corrected chi connectivity index (χ0v) is 11.9. The van der Waals surface area contributed by atoms with Crippen molar-refractivity contribution in [3.05, 3.63) is 42.5 Å². The highest BCUT2D eigenvalue weighted by atomic mass is 32.2. The van der Waals surface area contributed by atoms with Gasteiger partial charge in [0.15, 0.2) is 0 Å². The molecule has 1 aromatic rings. The Labute approximate surface area is 114 Å². The summed E-state index contributed by atoms with van der Waals surface area (Å²) in [5.41, 5.74) is 1.15. The van der Waals surface area contributed by atoms with Gasteiger partial charge in [-0.25, -0.2) is 0 Å². The van der Waals surface area contributed by atoms with E-state index in [0.29, 0.717) is 23.4 Å². The Morgan fingerprint density at radius 3 is 2.61 bits per heavy atom. The first-order valence-electron chi connectivity index (χ1n) is 6.47. The van der Waals surface area contributed by atoms with Crippen LogP contribution in [0.1, 0.15) is 26.7 Å². The van der Waals surface area contributed by atoms with Crippen molar-refractivity contribution in [1.82, 2.24) is 0 Å². The summed E-state index contributed by atoms with van der Waals surface area (Å²) in [6, 6.07) is 10.4. The fourth-order valence-electron chi connectivity index (χ4n) is 2.40. The van der Waals surface area contributed by atoms with Crippen LogP contribution in [0.2, 0.25) is 0 Å². The normalized spacial score (nSPS) is 28.1. The van der Waals surface area contributed by atoms with E-state index in [0.717, 1.165) is 12.0 Å². The molecule has 1 nitrogen and oxygen atoms in total. The maximum atomic E-state index is 12.1. The number of benzene rings is 1. The molecule has 0 amide bonds. The van der Waals surface area contributed by atoms with Gasteiger partial charge in [-0.2, -0.15) is 0 Å². The monoisotopic (exact) mass is 260 g/mol. The third-order valence-corrected chi connectivity index (χ3v) is 5.21. The maximum Gasteiger partial charge on any atom is 0.137 e. The fourth-order valence-corrected chi connectivity index (χ4v) is 3.75. The van der Waals surface area contributed by atoms with E-state index < -0.39 is 0 Å². The molecular formula is C16H20OS. The summed E-state index contributed by atoms with van der Waals surface area (Å²) in [7, 11) is 0. The highest BCUT2D eigenvalue weighted by Crippen LogP contribution is 2.39. The van der Waals surface area contributed by atoms with Crippen LogP contribution in [-0.2, 0) is 4.79 Å². The number of carbonyl (C=O) groups excluding carboxylic acids is 1. The van der Waals surface area contributed by atoms with Crippen molar-refractivity contribution in [3.63, 3.8) is 0 Å². The SMILES string of the molecule is C=C(C)[C@H]1CC(=O)[C@H](C)[C@@H](Sc2ccccc2)C1. The number of thioether (sulfide) groups is 1. The molecule has 0 heterocycles. The molecule has 0 aromatic heterocycles. The highest BCUT2D eigenvalue weighted by Gasteiger charge is 2.34. The van der Waals surface area contributed by atoms with Crippen LogP contribution in [0.25, 0.3) is 0 Å². The molecule has 18 heavy (non-hydrogen) atoms. The molecule has 1 aliphatic carbocycles. The van der Waals surface area contributed by atoms with Gasteiger partial charge in [-0.1, -0.05) is 37.3 Å². The van der Waals surface area contributed by atoms with Crippen LogP contribution in [0.4, 0.5) is 0 Å². The standard InChI is InChI=1S/C16H20OS/c1-11(2)13-9-15(17)12(3)16(10-13)18-14-7-5-4-6-8-14/h4-8,12-13,16H,1,9-10H2,2-3H3/t12-,13-,16-/m0/s1. The molecule has 2 heteroatoms. The molecule has 0 spiro atoms. The van der Waals surface area contributed by atoms with Gasteiger partial charge < -0.3 is 0 Å². The number of hydrogen-bond donors (Lipinski definition) is 0. The van der Waals surface area contributed by atoms with Gasteiger partial charge in [0, 0.05) is 22.5 Å². The zero-order valence-electron chi connectivity index (χ0n) is 11.1. The predicted molar refractivity (Wildman–Crippen MR) is 77.8 cm³/mol. The van der Waals surface area contributed by atoms with Gasteiger partial charge in [-0.05, 0) is 31.4 Å². The van der Waals surface area contributed by atoms with Gasteiger partial charge in [-0.3, -0.25) is 4.79 Å². The second kappa shape index (κ2) is 5.75. The topological polar surface area (TPSA) is 17.1 Å². The molecule has 96 valence electrons. The lowest BCUT2D eigenvalue weighted by Crippen LogP contribution is -2.33. The predicted octanol–water partition coefficient (Wildman–Crippen LogP) is 4.34. The summed E-state index contributed by atoms with van der Waals surface area (Å²) in [5.74, 6) is 0.920. The largest absolute Gasteiger partial charge is 0.299 e. The molecule has 2 rings (SSSR count). The molecule has 1 saturated carbocycles. The lowest BCUT2D eigenvalue weighted by atomic mass is 9.79. The quantitative estimate of drug-likeness (QED) is 0.752. The minimum Gasteiger partial charge on any atom is -0.299 e. The minimum absolute atomic E-state index is 0.158. The van der Waals surface area contributed by atoms with E-state index >= 15 is 0 Å². The third kappa shape index (κ3) is 3.05. The Hall–Kier alpha value is -1.02. The Balaban J connectivity index is 2.10. The van der Waals surface area contributed by atoms with Crippen LogP contribution in [0.5, 0.6) is 0 Å². The number of allylic oxidation sites excluding steroid dienone is 1. The Morgan fingerprint density at radius 2 is 2.00 bits per heavy atom. The average molecular weight is 260 g/mol. The number of rotatable bonds is 3. The molecular weight excluding hydrogens is 240 g/mol. The molecule has 1 fully saturated rings. The van der Waals surface area contributed by atoms with E-state index in [2.05, 4.69) is 25.6 Å². The molecule has 1 aliphatic rings. The van der Waals surface area contributed by atoms with E-state index in [1.165, 1.54) is 4.90 Å². The molecule has 1 aromatic carbocycles. The van der Waals surface area contributed by atoms with Crippen molar-refractivity contribution in [3.8, 4) is 0 Å². The van der Waals surface area contributed by atoms with Gasteiger partial charge in [0.1, 0.15) is 5.78 Å².